The molecule has 0 bridgehead atoms. The van der Waals surface area contributed by atoms with Gasteiger partial charge in [-0.25, -0.2) is 4.98 Å². The number of aromatic amines is 1. The summed E-state index contributed by atoms with van der Waals surface area (Å²) in [7, 11) is 1.65. The van der Waals surface area contributed by atoms with E-state index in [1.807, 2.05) is 12.1 Å². The molecule has 2 N–H and O–H groups in total. The number of hydrogen-bond acceptors (Lipinski definition) is 3. The molecule has 0 saturated carbocycles. The highest BCUT2D eigenvalue weighted by molar-refractivity contribution is 6.30. The van der Waals surface area contributed by atoms with Crippen LogP contribution in [0.3, 0.4) is 0 Å². The fraction of sp³-hybridized carbons (Fsp3) is 0.375. The lowest BCUT2D eigenvalue weighted by Crippen LogP contribution is -2.40. The van der Waals surface area contributed by atoms with Crippen LogP contribution in [0.25, 0.3) is 11.4 Å². The Morgan fingerprint density at radius 3 is 2.73 bits per heavy atom. The number of H-pyrrole nitrogens is 1. The molecule has 0 saturated heterocycles. The zero-order valence-corrected chi connectivity index (χ0v) is 13.9. The van der Waals surface area contributed by atoms with Crippen molar-refractivity contribution in [1.29, 1.82) is 0 Å². The molecule has 1 amide bonds. The van der Waals surface area contributed by atoms with E-state index in [1.165, 1.54) is 4.90 Å². The van der Waals surface area contributed by atoms with Crippen molar-refractivity contribution in [2.75, 3.05) is 13.6 Å². The van der Waals surface area contributed by atoms with Crippen molar-refractivity contribution in [3.05, 3.63) is 40.7 Å². The van der Waals surface area contributed by atoms with Crippen molar-refractivity contribution >= 4 is 17.5 Å². The quantitative estimate of drug-likeness (QED) is 0.909. The minimum Gasteiger partial charge on any atom is -0.389 e. The summed E-state index contributed by atoms with van der Waals surface area (Å²) in [5.74, 6) is 0.365. The molecular weight excluding hydrogens is 302 g/mol. The van der Waals surface area contributed by atoms with E-state index in [0.29, 0.717) is 22.2 Å². The van der Waals surface area contributed by atoms with Gasteiger partial charge in [0.2, 0.25) is 0 Å². The van der Waals surface area contributed by atoms with Gasteiger partial charge in [0.05, 0.1) is 5.60 Å². The zero-order valence-electron chi connectivity index (χ0n) is 13.1. The molecule has 0 radical (unpaired) electrons. The first kappa shape index (κ1) is 16.5. The standard InChI is InChI=1S/C16H20ClN3O2/c1-10-13(15(21)20(4)9-16(2,3)22)19-14(18-10)11-6-5-7-12(17)8-11/h5-8,22H,9H2,1-4H3,(H,18,19). The minimum atomic E-state index is -0.954. The zero-order chi connectivity index (χ0) is 16.5. The van der Waals surface area contributed by atoms with E-state index in [-0.39, 0.29) is 12.5 Å². The molecule has 1 aromatic carbocycles. The van der Waals surface area contributed by atoms with E-state index in [1.54, 1.807) is 40.0 Å². The summed E-state index contributed by atoms with van der Waals surface area (Å²) in [6.45, 7) is 5.34. The van der Waals surface area contributed by atoms with Crippen LogP contribution in [0.5, 0.6) is 0 Å². The number of imidazole rings is 1. The Hall–Kier alpha value is -1.85. The second-order valence-corrected chi connectivity index (χ2v) is 6.48. The van der Waals surface area contributed by atoms with Gasteiger partial charge in [-0.05, 0) is 32.9 Å². The van der Waals surface area contributed by atoms with Crippen LogP contribution >= 0.6 is 11.6 Å². The number of likely N-dealkylation sites (N-methyl/N-ethyl adjacent to an activating group) is 1. The van der Waals surface area contributed by atoms with Crippen molar-refractivity contribution < 1.29 is 9.90 Å². The first-order chi connectivity index (χ1) is 10.2. The topological polar surface area (TPSA) is 69.2 Å². The molecule has 0 fully saturated rings. The summed E-state index contributed by atoms with van der Waals surface area (Å²) in [6.07, 6.45) is 0. The molecule has 0 atom stereocenters. The molecule has 5 nitrogen and oxygen atoms in total. The molecule has 2 aromatic rings. The number of halogens is 1. The summed E-state index contributed by atoms with van der Waals surface area (Å²) < 4.78 is 0. The number of rotatable bonds is 4. The third-order valence-corrected chi connectivity index (χ3v) is 3.39. The van der Waals surface area contributed by atoms with Gasteiger partial charge in [-0.15, -0.1) is 0 Å². The maximum atomic E-state index is 12.5. The fourth-order valence-electron chi connectivity index (χ4n) is 2.27. The van der Waals surface area contributed by atoms with Gasteiger partial charge in [0.1, 0.15) is 11.5 Å². The van der Waals surface area contributed by atoms with Gasteiger partial charge in [-0.1, -0.05) is 23.7 Å². The lowest BCUT2D eigenvalue weighted by molar-refractivity contribution is 0.0364. The molecule has 22 heavy (non-hydrogen) atoms. The molecule has 0 aliphatic carbocycles. The lowest BCUT2D eigenvalue weighted by Gasteiger charge is -2.25. The van der Waals surface area contributed by atoms with Gasteiger partial charge in [0, 0.05) is 29.9 Å². The Morgan fingerprint density at radius 2 is 2.14 bits per heavy atom. The Kier molecular flexibility index (Phi) is 4.58. The van der Waals surface area contributed by atoms with E-state index < -0.39 is 5.60 Å². The number of amides is 1. The molecule has 0 aliphatic heterocycles. The van der Waals surface area contributed by atoms with Gasteiger partial charge < -0.3 is 15.0 Å². The monoisotopic (exact) mass is 321 g/mol. The normalized spacial score (nSPS) is 11.5. The number of aryl methyl sites for hydroxylation is 1. The van der Waals surface area contributed by atoms with Gasteiger partial charge in [-0.3, -0.25) is 4.79 Å². The molecule has 6 heteroatoms. The van der Waals surface area contributed by atoms with Gasteiger partial charge in [0.25, 0.3) is 5.91 Å². The predicted molar refractivity (Wildman–Crippen MR) is 87.0 cm³/mol. The summed E-state index contributed by atoms with van der Waals surface area (Å²) >= 11 is 5.98. The highest BCUT2D eigenvalue weighted by atomic mass is 35.5. The van der Waals surface area contributed by atoms with Crippen LogP contribution in [-0.4, -0.2) is 45.1 Å². The molecule has 1 heterocycles. The van der Waals surface area contributed by atoms with E-state index in [4.69, 9.17) is 11.6 Å². The maximum absolute atomic E-state index is 12.5. The molecular formula is C16H20ClN3O2. The number of carbonyl (C=O) groups excluding carboxylic acids is 1. The number of nitrogens with one attached hydrogen (secondary N) is 1. The van der Waals surface area contributed by atoms with Crippen LogP contribution < -0.4 is 0 Å². The molecule has 0 unspecified atom stereocenters. The molecule has 0 spiro atoms. The highest BCUT2D eigenvalue weighted by Crippen LogP contribution is 2.22. The highest BCUT2D eigenvalue weighted by Gasteiger charge is 2.24. The summed E-state index contributed by atoms with van der Waals surface area (Å²) in [5.41, 5.74) is 0.897. The van der Waals surface area contributed by atoms with Crippen molar-refractivity contribution in [2.24, 2.45) is 0 Å². The number of aromatic nitrogens is 2. The van der Waals surface area contributed by atoms with Gasteiger partial charge in [0.15, 0.2) is 0 Å². The Labute approximate surface area is 134 Å². The molecule has 1 aromatic heterocycles. The number of aliphatic hydroxyl groups is 1. The van der Waals surface area contributed by atoms with Crippen LogP contribution in [0, 0.1) is 6.92 Å². The second-order valence-electron chi connectivity index (χ2n) is 6.04. The molecule has 2 rings (SSSR count). The molecule has 118 valence electrons. The maximum Gasteiger partial charge on any atom is 0.274 e. The fourth-order valence-corrected chi connectivity index (χ4v) is 2.46. The average molecular weight is 322 g/mol. The summed E-state index contributed by atoms with van der Waals surface area (Å²) in [6, 6.07) is 7.27. The van der Waals surface area contributed by atoms with Crippen LogP contribution in [0.15, 0.2) is 24.3 Å². The predicted octanol–water partition coefficient (Wildman–Crippen LogP) is 2.88. The van der Waals surface area contributed by atoms with Gasteiger partial charge in [-0.2, -0.15) is 0 Å². The largest absolute Gasteiger partial charge is 0.389 e. The lowest BCUT2D eigenvalue weighted by atomic mass is 10.1. The number of carbonyl (C=O) groups is 1. The average Bonchev–Trinajstić information content (AvgIpc) is 2.78. The number of hydrogen-bond donors (Lipinski definition) is 2. The summed E-state index contributed by atoms with van der Waals surface area (Å²) in [4.78, 5) is 21.4. The Morgan fingerprint density at radius 1 is 1.45 bits per heavy atom. The molecule has 0 aliphatic rings. The van der Waals surface area contributed by atoms with E-state index >= 15 is 0 Å². The Bertz CT molecular complexity index is 689. The first-order valence-electron chi connectivity index (χ1n) is 6.98. The van der Waals surface area contributed by atoms with Crippen molar-refractivity contribution in [1.82, 2.24) is 14.9 Å². The van der Waals surface area contributed by atoms with E-state index in [9.17, 15) is 9.90 Å². The van der Waals surface area contributed by atoms with Crippen LogP contribution in [0.2, 0.25) is 5.02 Å². The van der Waals surface area contributed by atoms with Crippen LogP contribution in [0.4, 0.5) is 0 Å². The van der Waals surface area contributed by atoms with Gasteiger partial charge >= 0.3 is 0 Å². The number of nitrogens with zero attached hydrogens (tertiary/aromatic N) is 2. The van der Waals surface area contributed by atoms with E-state index in [2.05, 4.69) is 9.97 Å². The van der Waals surface area contributed by atoms with Crippen LogP contribution in [-0.2, 0) is 0 Å². The Balaban J connectivity index is 2.28. The van der Waals surface area contributed by atoms with Crippen molar-refractivity contribution in [3.8, 4) is 11.4 Å². The van der Waals surface area contributed by atoms with E-state index in [0.717, 1.165) is 5.56 Å². The third kappa shape index (κ3) is 3.87. The number of benzene rings is 1. The SMILES string of the molecule is Cc1[nH]c(-c2cccc(Cl)c2)nc1C(=O)N(C)CC(C)(C)O. The smallest absolute Gasteiger partial charge is 0.274 e. The second kappa shape index (κ2) is 6.10. The first-order valence-corrected chi connectivity index (χ1v) is 7.35. The van der Waals surface area contributed by atoms with Crippen molar-refractivity contribution in [3.63, 3.8) is 0 Å². The van der Waals surface area contributed by atoms with Crippen molar-refractivity contribution in [2.45, 2.75) is 26.4 Å². The minimum absolute atomic E-state index is 0.227. The summed E-state index contributed by atoms with van der Waals surface area (Å²) in [5, 5.41) is 10.4. The van der Waals surface area contributed by atoms with Crippen LogP contribution in [0.1, 0.15) is 30.0 Å². The third-order valence-electron chi connectivity index (χ3n) is 3.16.